The molecule has 2 rings (SSSR count). The number of amides is 3. The first-order valence-corrected chi connectivity index (χ1v) is 7.94. The lowest BCUT2D eigenvalue weighted by Gasteiger charge is -2.19. The average molecular weight is 360 g/mol. The lowest BCUT2D eigenvalue weighted by molar-refractivity contribution is -0.131. The number of para-hydroxylation sites is 1. The van der Waals surface area contributed by atoms with Gasteiger partial charge in [0.1, 0.15) is 18.1 Å². The highest BCUT2D eigenvalue weighted by atomic mass is 16.6. The molecule has 0 aliphatic carbocycles. The van der Waals surface area contributed by atoms with Gasteiger partial charge in [-0.2, -0.15) is 0 Å². The van der Waals surface area contributed by atoms with Gasteiger partial charge in [0, 0.05) is 0 Å². The second-order valence-corrected chi connectivity index (χ2v) is 5.79. The Hall–Kier alpha value is -3.29. The highest BCUT2D eigenvalue weighted by molar-refractivity contribution is 5.97. The predicted octanol–water partition coefficient (Wildman–Crippen LogP) is 2.23. The number of carbonyl (C=O) groups is 3. The van der Waals surface area contributed by atoms with Gasteiger partial charge in [0.15, 0.2) is 6.10 Å². The number of imide groups is 1. The van der Waals surface area contributed by atoms with E-state index in [1.165, 1.54) is 6.07 Å². The van der Waals surface area contributed by atoms with Crippen LogP contribution >= 0.6 is 0 Å². The van der Waals surface area contributed by atoms with E-state index in [2.05, 4.69) is 0 Å². The summed E-state index contributed by atoms with van der Waals surface area (Å²) in [5.41, 5.74) is 4.91. The van der Waals surface area contributed by atoms with E-state index >= 15 is 0 Å². The first-order valence-electron chi connectivity index (χ1n) is 7.94. The van der Waals surface area contributed by atoms with Crippen LogP contribution in [0.4, 0.5) is 4.79 Å². The third-order valence-corrected chi connectivity index (χ3v) is 3.33. The molecule has 0 unspecified atom stereocenters. The first-order chi connectivity index (χ1) is 12.4. The van der Waals surface area contributed by atoms with Crippen molar-refractivity contribution in [3.8, 4) is 5.75 Å². The third kappa shape index (κ3) is 5.37. The predicted molar refractivity (Wildman–Crippen MR) is 91.2 cm³/mol. The van der Waals surface area contributed by atoms with Gasteiger partial charge < -0.3 is 19.6 Å². The van der Waals surface area contributed by atoms with Crippen LogP contribution in [0.5, 0.6) is 5.75 Å². The summed E-state index contributed by atoms with van der Waals surface area (Å²) in [6.45, 7) is 3.46. The third-order valence-electron chi connectivity index (χ3n) is 3.33. The Morgan fingerprint density at radius 2 is 1.81 bits per heavy atom. The Labute approximate surface area is 150 Å². The molecule has 1 heterocycles. The van der Waals surface area contributed by atoms with Crippen LogP contribution in [0.25, 0.3) is 0 Å². The second-order valence-electron chi connectivity index (χ2n) is 5.79. The van der Waals surface area contributed by atoms with E-state index in [1.54, 1.807) is 32.0 Å². The maximum absolute atomic E-state index is 12.2. The van der Waals surface area contributed by atoms with Gasteiger partial charge in [-0.3, -0.25) is 10.1 Å². The fourth-order valence-corrected chi connectivity index (χ4v) is 2.09. The number of primary amides is 1. The van der Waals surface area contributed by atoms with E-state index in [-0.39, 0.29) is 18.3 Å². The fourth-order valence-electron chi connectivity index (χ4n) is 2.09. The molecule has 1 aromatic carbocycles. The minimum Gasteiger partial charge on any atom is -0.486 e. The van der Waals surface area contributed by atoms with E-state index < -0.39 is 24.0 Å². The summed E-state index contributed by atoms with van der Waals surface area (Å²) >= 11 is 0. The molecule has 0 aliphatic rings. The van der Waals surface area contributed by atoms with E-state index in [4.69, 9.17) is 19.6 Å². The quantitative estimate of drug-likeness (QED) is 0.731. The fraction of sp³-hybridized carbons (Fsp3) is 0.278. The van der Waals surface area contributed by atoms with Crippen LogP contribution in [0.1, 0.15) is 30.2 Å². The standard InChI is InChI=1S/C18H20N2O6/c1-11(2)15(16(21)20-18(19)23)26-17(22)14-9-8-13(25-14)10-24-12-6-4-3-5-7-12/h3-9,11,15H,10H2,1-2H3,(H3,19,20,21,23)/t15-/m0/s1. The Morgan fingerprint density at radius 3 is 2.42 bits per heavy atom. The maximum atomic E-state index is 12.2. The highest BCUT2D eigenvalue weighted by Crippen LogP contribution is 2.16. The van der Waals surface area contributed by atoms with Gasteiger partial charge in [0.2, 0.25) is 5.76 Å². The van der Waals surface area contributed by atoms with Crippen molar-refractivity contribution in [3.05, 3.63) is 54.0 Å². The van der Waals surface area contributed by atoms with Gasteiger partial charge in [-0.15, -0.1) is 0 Å². The van der Waals surface area contributed by atoms with Crippen LogP contribution in [-0.4, -0.2) is 24.0 Å². The van der Waals surface area contributed by atoms with Crippen molar-refractivity contribution < 1.29 is 28.3 Å². The van der Waals surface area contributed by atoms with Crippen LogP contribution in [0.15, 0.2) is 46.9 Å². The summed E-state index contributed by atoms with van der Waals surface area (Å²) in [6.07, 6.45) is -1.18. The molecular formula is C18H20N2O6. The smallest absolute Gasteiger partial charge is 0.375 e. The molecule has 8 heteroatoms. The van der Waals surface area contributed by atoms with Crippen molar-refractivity contribution in [1.82, 2.24) is 5.32 Å². The number of urea groups is 1. The number of nitrogens with two attached hydrogens (primary N) is 1. The molecule has 26 heavy (non-hydrogen) atoms. The van der Waals surface area contributed by atoms with Crippen LogP contribution in [0.2, 0.25) is 0 Å². The number of carbonyl (C=O) groups excluding carboxylic acids is 3. The number of furan rings is 1. The van der Waals surface area contributed by atoms with Crippen LogP contribution < -0.4 is 15.8 Å². The number of nitrogens with one attached hydrogen (secondary N) is 1. The Morgan fingerprint density at radius 1 is 1.12 bits per heavy atom. The van der Waals surface area contributed by atoms with E-state index in [9.17, 15) is 14.4 Å². The van der Waals surface area contributed by atoms with Crippen LogP contribution in [-0.2, 0) is 16.1 Å². The molecule has 3 N–H and O–H groups in total. The maximum Gasteiger partial charge on any atom is 0.375 e. The van der Waals surface area contributed by atoms with Crippen molar-refractivity contribution in [2.45, 2.75) is 26.6 Å². The monoisotopic (exact) mass is 360 g/mol. The minimum absolute atomic E-state index is 0.0748. The summed E-state index contributed by atoms with van der Waals surface area (Å²) in [6, 6.07) is 11.1. The lowest BCUT2D eigenvalue weighted by atomic mass is 10.1. The molecular weight excluding hydrogens is 340 g/mol. The molecule has 0 saturated carbocycles. The summed E-state index contributed by atoms with van der Waals surface area (Å²) in [7, 11) is 0. The van der Waals surface area contributed by atoms with Crippen LogP contribution in [0, 0.1) is 5.92 Å². The van der Waals surface area contributed by atoms with Gasteiger partial charge in [-0.05, 0) is 30.2 Å². The van der Waals surface area contributed by atoms with Gasteiger partial charge in [0.25, 0.3) is 5.91 Å². The van der Waals surface area contributed by atoms with E-state index in [0.29, 0.717) is 11.5 Å². The lowest BCUT2D eigenvalue weighted by Crippen LogP contribution is -2.45. The SMILES string of the molecule is CC(C)[C@H](OC(=O)c1ccc(COc2ccccc2)o1)C(=O)NC(N)=O. The summed E-state index contributed by atoms with van der Waals surface area (Å²) in [5, 5.41) is 1.90. The molecule has 0 bridgehead atoms. The topological polar surface area (TPSA) is 121 Å². The minimum atomic E-state index is -1.18. The van der Waals surface area contributed by atoms with Gasteiger partial charge in [-0.25, -0.2) is 9.59 Å². The number of rotatable bonds is 7. The first kappa shape index (κ1) is 19.0. The summed E-state index contributed by atoms with van der Waals surface area (Å²) in [5.74, 6) is -0.975. The number of benzene rings is 1. The molecule has 138 valence electrons. The molecule has 0 aliphatic heterocycles. The molecule has 1 aromatic heterocycles. The molecule has 8 nitrogen and oxygen atoms in total. The largest absolute Gasteiger partial charge is 0.486 e. The van der Waals surface area contributed by atoms with Crippen molar-refractivity contribution in [2.75, 3.05) is 0 Å². The molecule has 3 amide bonds. The zero-order chi connectivity index (χ0) is 19.1. The molecule has 0 saturated heterocycles. The Balaban J connectivity index is 1.97. The zero-order valence-corrected chi connectivity index (χ0v) is 14.4. The second kappa shape index (κ2) is 8.70. The van der Waals surface area contributed by atoms with Crippen LogP contribution in [0.3, 0.4) is 0 Å². The molecule has 1 atom stereocenters. The van der Waals surface area contributed by atoms with Crippen molar-refractivity contribution in [3.63, 3.8) is 0 Å². The van der Waals surface area contributed by atoms with Crippen molar-refractivity contribution in [1.29, 1.82) is 0 Å². The van der Waals surface area contributed by atoms with Gasteiger partial charge in [0.05, 0.1) is 0 Å². The Bertz CT molecular complexity index is 769. The summed E-state index contributed by atoms with van der Waals surface area (Å²) < 4.78 is 16.1. The highest BCUT2D eigenvalue weighted by Gasteiger charge is 2.29. The van der Waals surface area contributed by atoms with E-state index in [1.807, 2.05) is 23.5 Å². The molecule has 0 radical (unpaired) electrons. The molecule has 0 fully saturated rings. The number of hydrogen-bond acceptors (Lipinski definition) is 6. The van der Waals surface area contributed by atoms with Crippen molar-refractivity contribution >= 4 is 17.9 Å². The van der Waals surface area contributed by atoms with Gasteiger partial charge in [-0.1, -0.05) is 32.0 Å². The van der Waals surface area contributed by atoms with E-state index in [0.717, 1.165) is 0 Å². The average Bonchev–Trinajstić information content (AvgIpc) is 3.06. The summed E-state index contributed by atoms with van der Waals surface area (Å²) in [4.78, 5) is 34.9. The van der Waals surface area contributed by atoms with Gasteiger partial charge >= 0.3 is 12.0 Å². The molecule has 0 spiro atoms. The number of hydrogen-bond donors (Lipinski definition) is 2. The number of esters is 1. The molecule has 2 aromatic rings. The zero-order valence-electron chi connectivity index (χ0n) is 14.4. The number of ether oxygens (including phenoxy) is 2. The normalized spacial score (nSPS) is 11.7. The van der Waals surface area contributed by atoms with Crippen molar-refractivity contribution in [2.24, 2.45) is 11.7 Å². The Kier molecular flexibility index (Phi) is 6.37.